The second kappa shape index (κ2) is 3.24. The number of fused-ring (bicyclic) bond motifs is 3. The Balaban J connectivity index is 2.38. The van der Waals surface area contributed by atoms with E-state index in [1.54, 1.807) is 0 Å². The van der Waals surface area contributed by atoms with Gasteiger partial charge in [0.2, 0.25) is 0 Å². The number of nitrogens with two attached hydrogens (primary N) is 1. The van der Waals surface area contributed by atoms with Gasteiger partial charge in [0.25, 0.3) is 0 Å². The van der Waals surface area contributed by atoms with E-state index >= 15 is 0 Å². The van der Waals surface area contributed by atoms with Crippen LogP contribution in [0, 0.1) is 0 Å². The molecule has 0 saturated heterocycles. The van der Waals surface area contributed by atoms with Crippen molar-refractivity contribution in [2.45, 2.75) is 6.42 Å². The van der Waals surface area contributed by atoms with Crippen LogP contribution in [0.4, 0.5) is 0 Å². The number of hydrogen-bond donors (Lipinski definition) is 1. The molecule has 0 atom stereocenters. The average molecular weight is 199 g/mol. The molecule has 0 radical (unpaired) electrons. The van der Waals surface area contributed by atoms with Crippen molar-refractivity contribution in [3.8, 4) is 5.75 Å². The van der Waals surface area contributed by atoms with E-state index in [0.717, 1.165) is 12.2 Å². The molecule has 0 bridgehead atoms. The van der Waals surface area contributed by atoms with E-state index in [-0.39, 0.29) is 0 Å². The van der Waals surface area contributed by atoms with Crippen LogP contribution in [0.15, 0.2) is 24.3 Å². The summed E-state index contributed by atoms with van der Waals surface area (Å²) in [7, 11) is 0. The molecule has 1 aliphatic carbocycles. The minimum Gasteiger partial charge on any atom is -0.489 e. The van der Waals surface area contributed by atoms with Crippen LogP contribution in [0.2, 0.25) is 0 Å². The summed E-state index contributed by atoms with van der Waals surface area (Å²) in [6, 6.07) is 4.28. The van der Waals surface area contributed by atoms with Gasteiger partial charge in [-0.25, -0.2) is 0 Å². The van der Waals surface area contributed by atoms with Gasteiger partial charge in [-0.3, -0.25) is 0 Å². The van der Waals surface area contributed by atoms with Gasteiger partial charge in [-0.2, -0.15) is 0 Å². The molecule has 76 valence electrons. The minimum atomic E-state index is 0.589. The Morgan fingerprint density at radius 1 is 1.33 bits per heavy atom. The molecule has 2 N–H and O–H groups in total. The summed E-state index contributed by atoms with van der Waals surface area (Å²) in [6.45, 7) is 1.29. The highest BCUT2D eigenvalue weighted by Crippen LogP contribution is 2.17. The second-order valence-corrected chi connectivity index (χ2v) is 3.86. The molecule has 2 aliphatic rings. The zero-order valence-electron chi connectivity index (χ0n) is 8.49. The predicted molar refractivity (Wildman–Crippen MR) is 61.0 cm³/mol. The van der Waals surface area contributed by atoms with Crippen LogP contribution in [0.5, 0.6) is 5.75 Å². The third kappa shape index (κ3) is 1.22. The Morgan fingerprint density at radius 3 is 3.13 bits per heavy atom. The van der Waals surface area contributed by atoms with Crippen molar-refractivity contribution in [2.24, 2.45) is 5.73 Å². The Kier molecular flexibility index (Phi) is 1.89. The number of rotatable bonds is 1. The first-order valence-corrected chi connectivity index (χ1v) is 5.25. The van der Waals surface area contributed by atoms with E-state index in [0.29, 0.717) is 13.2 Å². The topological polar surface area (TPSA) is 35.2 Å². The second-order valence-electron chi connectivity index (χ2n) is 3.86. The van der Waals surface area contributed by atoms with E-state index in [1.165, 1.54) is 21.6 Å². The molecule has 0 spiro atoms. The normalized spacial score (nSPS) is 16.7. The number of ether oxygens (including phenoxy) is 1. The molecule has 0 fully saturated rings. The van der Waals surface area contributed by atoms with Crippen molar-refractivity contribution in [3.05, 3.63) is 40.3 Å². The molecular formula is C13H13NO. The third-order valence-electron chi connectivity index (χ3n) is 3.03. The van der Waals surface area contributed by atoms with Crippen LogP contribution in [0.25, 0.3) is 11.6 Å². The van der Waals surface area contributed by atoms with Crippen molar-refractivity contribution >= 4 is 11.6 Å². The summed E-state index contributed by atoms with van der Waals surface area (Å²) in [4.78, 5) is 0. The molecule has 1 heterocycles. The van der Waals surface area contributed by atoms with Gasteiger partial charge in [0.15, 0.2) is 0 Å². The number of allylic oxidation sites excluding steroid dienone is 1. The molecule has 15 heavy (non-hydrogen) atoms. The summed E-state index contributed by atoms with van der Waals surface area (Å²) < 4.78 is 5.65. The molecule has 0 unspecified atom stereocenters. The van der Waals surface area contributed by atoms with Crippen molar-refractivity contribution in [1.82, 2.24) is 0 Å². The monoisotopic (exact) mass is 199 g/mol. The lowest BCUT2D eigenvalue weighted by atomic mass is 9.97. The van der Waals surface area contributed by atoms with Crippen LogP contribution >= 0.6 is 0 Å². The van der Waals surface area contributed by atoms with Gasteiger partial charge >= 0.3 is 0 Å². The highest BCUT2D eigenvalue weighted by Gasteiger charge is 2.13. The number of benzene rings is 1. The SMILES string of the molecule is NCC1=c2ccc3c(c2CC=C1)OCC=3. The highest BCUT2D eigenvalue weighted by atomic mass is 16.5. The summed E-state index contributed by atoms with van der Waals surface area (Å²) in [5.41, 5.74) is 8.23. The van der Waals surface area contributed by atoms with Crippen LogP contribution in [-0.2, 0) is 6.42 Å². The quantitative estimate of drug-likeness (QED) is 0.695. The Labute approximate surface area is 88.4 Å². The standard InChI is InChI=1S/C13H13NO/c14-8-10-2-1-3-12-11(10)5-4-9-6-7-15-13(9)12/h1-2,4-6H,3,7-8,14H2. The fourth-order valence-electron chi connectivity index (χ4n) is 2.28. The lowest BCUT2D eigenvalue weighted by Gasteiger charge is -2.12. The number of hydrogen-bond acceptors (Lipinski definition) is 2. The van der Waals surface area contributed by atoms with Crippen molar-refractivity contribution in [3.63, 3.8) is 0 Å². The van der Waals surface area contributed by atoms with Crippen LogP contribution in [0.3, 0.4) is 0 Å². The highest BCUT2D eigenvalue weighted by molar-refractivity contribution is 5.64. The molecule has 3 rings (SSSR count). The van der Waals surface area contributed by atoms with E-state index in [9.17, 15) is 0 Å². The minimum absolute atomic E-state index is 0.589. The predicted octanol–water partition coefficient (Wildman–Crippen LogP) is 0.0812. The zero-order chi connectivity index (χ0) is 10.3. The van der Waals surface area contributed by atoms with Gasteiger partial charge in [-0.05, 0) is 23.3 Å². The van der Waals surface area contributed by atoms with E-state index < -0.39 is 0 Å². The van der Waals surface area contributed by atoms with Crippen molar-refractivity contribution in [1.29, 1.82) is 0 Å². The van der Waals surface area contributed by atoms with Gasteiger partial charge < -0.3 is 10.5 Å². The lowest BCUT2D eigenvalue weighted by Crippen LogP contribution is -2.23. The summed E-state index contributed by atoms with van der Waals surface area (Å²) in [6.07, 6.45) is 7.35. The maximum Gasteiger partial charge on any atom is 0.130 e. The van der Waals surface area contributed by atoms with E-state index in [4.69, 9.17) is 10.5 Å². The van der Waals surface area contributed by atoms with Gasteiger partial charge in [0.1, 0.15) is 12.4 Å². The summed E-state index contributed by atoms with van der Waals surface area (Å²) in [5, 5.41) is 2.48. The van der Waals surface area contributed by atoms with E-state index in [1.807, 2.05) is 0 Å². The summed E-state index contributed by atoms with van der Waals surface area (Å²) in [5.74, 6) is 1.06. The first kappa shape index (κ1) is 8.74. The van der Waals surface area contributed by atoms with Crippen LogP contribution in [0.1, 0.15) is 5.56 Å². The molecule has 2 heteroatoms. The third-order valence-corrected chi connectivity index (χ3v) is 3.03. The van der Waals surface area contributed by atoms with Crippen molar-refractivity contribution < 1.29 is 4.74 Å². The fourth-order valence-corrected chi connectivity index (χ4v) is 2.28. The molecule has 0 amide bonds. The zero-order valence-corrected chi connectivity index (χ0v) is 8.49. The maximum atomic E-state index is 5.73. The first-order chi connectivity index (χ1) is 7.40. The fraction of sp³-hybridized carbons (Fsp3) is 0.231. The van der Waals surface area contributed by atoms with E-state index in [2.05, 4.69) is 30.4 Å². The van der Waals surface area contributed by atoms with Crippen LogP contribution in [-0.4, -0.2) is 13.2 Å². The lowest BCUT2D eigenvalue weighted by molar-refractivity contribution is 0.381. The van der Waals surface area contributed by atoms with Crippen LogP contribution < -0.4 is 20.9 Å². The van der Waals surface area contributed by atoms with Gasteiger partial charge in [-0.15, -0.1) is 0 Å². The molecule has 0 aromatic heterocycles. The average Bonchev–Trinajstić information content (AvgIpc) is 2.76. The smallest absolute Gasteiger partial charge is 0.130 e. The Morgan fingerprint density at radius 2 is 2.27 bits per heavy atom. The molecular weight excluding hydrogens is 186 g/mol. The van der Waals surface area contributed by atoms with Gasteiger partial charge in [0.05, 0.1) is 0 Å². The Hall–Kier alpha value is -1.54. The summed E-state index contributed by atoms with van der Waals surface area (Å²) >= 11 is 0. The maximum absolute atomic E-state index is 5.73. The largest absolute Gasteiger partial charge is 0.489 e. The van der Waals surface area contributed by atoms with Crippen molar-refractivity contribution in [2.75, 3.05) is 13.2 Å². The van der Waals surface area contributed by atoms with Gasteiger partial charge in [0, 0.05) is 17.3 Å². The van der Waals surface area contributed by atoms with Gasteiger partial charge in [-0.1, -0.05) is 24.3 Å². The molecule has 1 aliphatic heterocycles. The Bertz CT molecular complexity index is 555. The molecule has 0 saturated carbocycles. The molecule has 1 aromatic rings. The molecule has 1 aromatic carbocycles. The first-order valence-electron chi connectivity index (χ1n) is 5.25. The molecule has 2 nitrogen and oxygen atoms in total.